The number of hydrogen-bond donors (Lipinski definition) is 0. The summed E-state index contributed by atoms with van der Waals surface area (Å²) in [6, 6.07) is 0. The normalized spacial score (nSPS) is 16.5. The third-order valence-corrected chi connectivity index (χ3v) is 1.59. The Hall–Kier alpha value is -0.0400. The Morgan fingerprint density at radius 1 is 1.08 bits per heavy atom. The van der Waals surface area contributed by atoms with Crippen LogP contribution in [-0.2, 0) is 0 Å². The summed E-state index contributed by atoms with van der Waals surface area (Å²) in [5.74, 6) is 0.972. The Bertz CT molecular complexity index is 65.4. The highest BCUT2D eigenvalue weighted by molar-refractivity contribution is 4.73. The van der Waals surface area contributed by atoms with E-state index in [0.29, 0.717) is 0 Å². The van der Waals surface area contributed by atoms with Crippen LogP contribution in [0.4, 0.5) is 0 Å². The molecule has 1 heteroatoms. The van der Waals surface area contributed by atoms with Gasteiger partial charge in [0, 0.05) is 13.1 Å². The van der Waals surface area contributed by atoms with Gasteiger partial charge < -0.3 is 4.90 Å². The third-order valence-electron chi connectivity index (χ3n) is 1.59. The minimum absolute atomic E-state index is 0.972. The first kappa shape index (κ1) is 14.5. The van der Waals surface area contributed by atoms with Crippen LogP contribution in [0.2, 0.25) is 0 Å². The van der Waals surface area contributed by atoms with Crippen LogP contribution in [0.15, 0.2) is 0 Å². The van der Waals surface area contributed by atoms with Crippen LogP contribution in [0.25, 0.3) is 0 Å². The van der Waals surface area contributed by atoms with Gasteiger partial charge in [-0.3, -0.25) is 0 Å². The molecule has 0 unspecified atom stereocenters. The molecule has 1 aliphatic rings. The minimum atomic E-state index is 0.972. The van der Waals surface area contributed by atoms with Gasteiger partial charge in [0.05, 0.1) is 0 Å². The van der Waals surface area contributed by atoms with E-state index in [1.54, 1.807) is 0 Å². The van der Waals surface area contributed by atoms with Gasteiger partial charge in [-0.2, -0.15) is 0 Å². The lowest BCUT2D eigenvalue weighted by Gasteiger charge is -2.35. The zero-order chi connectivity index (χ0) is 9.98. The van der Waals surface area contributed by atoms with Gasteiger partial charge in [-0.25, -0.2) is 0 Å². The lowest BCUT2D eigenvalue weighted by Crippen LogP contribution is -2.44. The van der Waals surface area contributed by atoms with Crippen LogP contribution in [0.1, 0.15) is 48.0 Å². The summed E-state index contributed by atoms with van der Waals surface area (Å²) < 4.78 is 0. The quantitative estimate of drug-likeness (QED) is 0.587. The van der Waals surface area contributed by atoms with Gasteiger partial charge in [0.25, 0.3) is 0 Å². The van der Waals surface area contributed by atoms with Crippen molar-refractivity contribution >= 4 is 0 Å². The average Bonchev–Trinajstić information content (AvgIpc) is 2.04. The number of likely N-dealkylation sites (tertiary alicyclic amines) is 1. The Kier molecular flexibility index (Phi) is 13.2. The zero-order valence-corrected chi connectivity index (χ0v) is 9.85. The van der Waals surface area contributed by atoms with E-state index >= 15 is 0 Å². The number of rotatable bonds is 1. The molecule has 0 amide bonds. The molecular weight excluding hydrogens is 146 g/mol. The van der Waals surface area contributed by atoms with Crippen molar-refractivity contribution in [2.75, 3.05) is 19.6 Å². The lowest BCUT2D eigenvalue weighted by atomic mass is 10.0. The second-order valence-electron chi connectivity index (χ2n) is 3.16. The van der Waals surface area contributed by atoms with Crippen molar-refractivity contribution in [3.05, 3.63) is 0 Å². The average molecular weight is 173 g/mol. The first-order valence-electron chi connectivity index (χ1n) is 5.46. The highest BCUT2D eigenvalue weighted by Gasteiger charge is 2.19. The summed E-state index contributed by atoms with van der Waals surface area (Å²) in [5, 5.41) is 0. The van der Waals surface area contributed by atoms with E-state index in [0.717, 1.165) is 5.92 Å². The molecule has 0 spiro atoms. The Balaban J connectivity index is 0. The highest BCUT2D eigenvalue weighted by Crippen LogP contribution is 2.11. The largest absolute Gasteiger partial charge is 0.303 e. The fourth-order valence-electron chi connectivity index (χ4n) is 1.09. The van der Waals surface area contributed by atoms with Gasteiger partial charge in [-0.15, -0.1) is 0 Å². The lowest BCUT2D eigenvalue weighted by molar-refractivity contribution is 0.121. The maximum Gasteiger partial charge on any atom is 0.00192 e. The van der Waals surface area contributed by atoms with Crippen molar-refractivity contribution in [2.45, 2.75) is 48.0 Å². The Morgan fingerprint density at radius 2 is 1.42 bits per heavy atom. The van der Waals surface area contributed by atoms with Crippen molar-refractivity contribution in [1.82, 2.24) is 4.90 Å². The molecule has 1 saturated heterocycles. The van der Waals surface area contributed by atoms with Crippen LogP contribution < -0.4 is 0 Å². The molecule has 0 aliphatic carbocycles. The predicted molar refractivity (Wildman–Crippen MR) is 58.6 cm³/mol. The molecule has 76 valence electrons. The molecule has 1 aliphatic heterocycles. The summed E-state index contributed by atoms with van der Waals surface area (Å²) in [7, 11) is 0. The standard InChI is InChI=1S/C6H13N.C3H8.C2H6/c1-3-7-4-6(2)5-7;1-3-2;1-2/h6H,3-5H2,1-2H3;3H2,1-2H3;1-2H3. The second kappa shape index (κ2) is 11.0. The first-order valence-corrected chi connectivity index (χ1v) is 5.46. The van der Waals surface area contributed by atoms with Crippen molar-refractivity contribution in [3.63, 3.8) is 0 Å². The van der Waals surface area contributed by atoms with E-state index in [1.165, 1.54) is 26.1 Å². The monoisotopic (exact) mass is 173 g/mol. The van der Waals surface area contributed by atoms with E-state index in [1.807, 2.05) is 13.8 Å². The SMILES string of the molecule is CC.CCC.CCN1CC(C)C1. The predicted octanol–water partition coefficient (Wildman–Crippen LogP) is 3.40. The molecule has 1 rings (SSSR count). The molecule has 1 nitrogen and oxygen atoms in total. The van der Waals surface area contributed by atoms with E-state index in [4.69, 9.17) is 0 Å². The van der Waals surface area contributed by atoms with Gasteiger partial charge >= 0.3 is 0 Å². The van der Waals surface area contributed by atoms with Crippen LogP contribution >= 0.6 is 0 Å². The van der Waals surface area contributed by atoms with E-state index in [9.17, 15) is 0 Å². The van der Waals surface area contributed by atoms with E-state index < -0.39 is 0 Å². The molecule has 12 heavy (non-hydrogen) atoms. The summed E-state index contributed by atoms with van der Waals surface area (Å²) in [6.45, 7) is 16.7. The summed E-state index contributed by atoms with van der Waals surface area (Å²) in [5.41, 5.74) is 0. The van der Waals surface area contributed by atoms with Crippen molar-refractivity contribution in [1.29, 1.82) is 0 Å². The fraction of sp³-hybridized carbons (Fsp3) is 1.00. The molecule has 0 aromatic carbocycles. The van der Waals surface area contributed by atoms with Gasteiger partial charge in [-0.05, 0) is 12.5 Å². The topological polar surface area (TPSA) is 3.24 Å². The van der Waals surface area contributed by atoms with Crippen LogP contribution in [-0.4, -0.2) is 24.5 Å². The molecule has 0 aromatic heterocycles. The van der Waals surface area contributed by atoms with Crippen molar-refractivity contribution in [2.24, 2.45) is 5.92 Å². The van der Waals surface area contributed by atoms with Crippen LogP contribution in [0.5, 0.6) is 0 Å². The minimum Gasteiger partial charge on any atom is -0.303 e. The van der Waals surface area contributed by atoms with Crippen LogP contribution in [0, 0.1) is 5.92 Å². The Labute approximate surface area is 79.2 Å². The Morgan fingerprint density at radius 3 is 1.50 bits per heavy atom. The van der Waals surface area contributed by atoms with Gasteiger partial charge in [-0.1, -0.05) is 48.0 Å². The molecule has 0 atom stereocenters. The van der Waals surface area contributed by atoms with Gasteiger partial charge in [0.1, 0.15) is 0 Å². The molecular formula is C11H27N. The van der Waals surface area contributed by atoms with Crippen LogP contribution in [0.3, 0.4) is 0 Å². The molecule has 0 bridgehead atoms. The molecule has 0 aromatic rings. The van der Waals surface area contributed by atoms with Gasteiger partial charge in [0.2, 0.25) is 0 Å². The highest BCUT2D eigenvalue weighted by atomic mass is 15.2. The van der Waals surface area contributed by atoms with E-state index in [-0.39, 0.29) is 0 Å². The van der Waals surface area contributed by atoms with Crippen molar-refractivity contribution in [3.8, 4) is 0 Å². The van der Waals surface area contributed by atoms with Crippen molar-refractivity contribution < 1.29 is 0 Å². The number of nitrogens with zero attached hydrogens (tertiary/aromatic N) is 1. The zero-order valence-electron chi connectivity index (χ0n) is 9.85. The molecule has 0 saturated carbocycles. The maximum atomic E-state index is 2.45. The molecule has 1 heterocycles. The second-order valence-corrected chi connectivity index (χ2v) is 3.16. The first-order chi connectivity index (χ1) is 5.74. The summed E-state index contributed by atoms with van der Waals surface area (Å²) in [6.07, 6.45) is 1.25. The fourth-order valence-corrected chi connectivity index (χ4v) is 1.09. The van der Waals surface area contributed by atoms with Gasteiger partial charge in [0.15, 0.2) is 0 Å². The van der Waals surface area contributed by atoms with E-state index in [2.05, 4.69) is 32.6 Å². The summed E-state index contributed by atoms with van der Waals surface area (Å²) >= 11 is 0. The maximum absolute atomic E-state index is 2.45. The molecule has 0 radical (unpaired) electrons. The number of hydrogen-bond acceptors (Lipinski definition) is 1. The summed E-state index contributed by atoms with van der Waals surface area (Å²) in [4.78, 5) is 2.45. The molecule has 1 fully saturated rings. The third kappa shape index (κ3) is 8.06. The molecule has 0 N–H and O–H groups in total. The smallest absolute Gasteiger partial charge is 0.00192 e.